The lowest BCUT2D eigenvalue weighted by atomic mass is 9.76. The highest BCUT2D eigenvalue weighted by Gasteiger charge is 2.40. The Labute approximate surface area is 217 Å². The number of aliphatic hydroxyl groups is 1. The molecule has 0 radical (unpaired) electrons. The molecule has 5 heterocycles. The fourth-order valence-electron chi connectivity index (χ4n) is 5.95. The third-order valence-electron chi connectivity index (χ3n) is 7.85. The molecule has 1 saturated heterocycles. The average molecular weight is 517 g/mol. The zero-order valence-corrected chi connectivity index (χ0v) is 21.2. The van der Waals surface area contributed by atoms with Gasteiger partial charge in [0.15, 0.2) is 11.5 Å². The Bertz CT molecular complexity index is 1610. The maximum absolute atomic E-state index is 9.52. The molecule has 7 nitrogen and oxygen atoms in total. The SMILES string of the molecule is Nc1nccc(Sc2ccc3nc(N4CCC5(CC4)Cc4ccc(CO)cc4C5)c4cnc2n34)c1Cl. The van der Waals surface area contributed by atoms with Crippen LogP contribution in [-0.2, 0) is 19.4 Å². The summed E-state index contributed by atoms with van der Waals surface area (Å²) >= 11 is 7.93. The van der Waals surface area contributed by atoms with Gasteiger partial charge in [-0.3, -0.25) is 4.40 Å². The van der Waals surface area contributed by atoms with Crippen molar-refractivity contribution in [2.75, 3.05) is 23.7 Å². The number of fused-ring (bicyclic) bond motifs is 1. The lowest BCUT2D eigenvalue weighted by Gasteiger charge is -2.39. The minimum absolute atomic E-state index is 0.109. The molecule has 1 aromatic carbocycles. The predicted molar refractivity (Wildman–Crippen MR) is 143 cm³/mol. The van der Waals surface area contributed by atoms with Crippen LogP contribution in [0.3, 0.4) is 0 Å². The second-order valence-corrected chi connectivity index (χ2v) is 11.5. The maximum Gasteiger partial charge on any atom is 0.157 e. The van der Waals surface area contributed by atoms with Gasteiger partial charge in [0.25, 0.3) is 0 Å². The zero-order chi connectivity index (χ0) is 24.4. The smallest absolute Gasteiger partial charge is 0.157 e. The average Bonchev–Trinajstić information content (AvgIpc) is 3.59. The summed E-state index contributed by atoms with van der Waals surface area (Å²) in [4.78, 5) is 18.1. The van der Waals surface area contributed by atoms with Crippen molar-refractivity contribution >= 4 is 51.8 Å². The first-order chi connectivity index (χ1) is 17.5. The van der Waals surface area contributed by atoms with Gasteiger partial charge in [-0.1, -0.05) is 41.6 Å². The fourth-order valence-corrected chi connectivity index (χ4v) is 7.11. The fraction of sp³-hybridized carbons (Fsp3) is 0.296. The molecule has 7 rings (SSSR count). The Hall–Kier alpha value is -3.07. The number of imidazole rings is 2. The van der Waals surface area contributed by atoms with Crippen LogP contribution in [0.1, 0.15) is 29.5 Å². The van der Waals surface area contributed by atoms with E-state index in [0.717, 1.165) is 76.8 Å². The number of nitrogens with zero attached hydrogens (tertiary/aromatic N) is 5. The summed E-state index contributed by atoms with van der Waals surface area (Å²) < 4.78 is 2.14. The van der Waals surface area contributed by atoms with Crippen molar-refractivity contribution in [3.05, 3.63) is 70.5 Å². The monoisotopic (exact) mass is 516 g/mol. The Morgan fingerprint density at radius 1 is 1.03 bits per heavy atom. The molecule has 0 saturated carbocycles. The molecule has 0 amide bonds. The number of rotatable bonds is 4. The van der Waals surface area contributed by atoms with Crippen LogP contribution in [-0.4, -0.2) is 37.5 Å². The van der Waals surface area contributed by atoms with E-state index < -0.39 is 0 Å². The van der Waals surface area contributed by atoms with Crippen molar-refractivity contribution < 1.29 is 5.11 Å². The molecule has 182 valence electrons. The molecule has 0 unspecified atom stereocenters. The summed E-state index contributed by atoms with van der Waals surface area (Å²) in [6, 6.07) is 12.4. The Morgan fingerprint density at radius 3 is 2.69 bits per heavy atom. The summed E-state index contributed by atoms with van der Waals surface area (Å²) in [6.07, 6.45) is 8.11. The molecule has 0 bridgehead atoms. The second kappa shape index (κ2) is 8.23. The van der Waals surface area contributed by atoms with Crippen molar-refractivity contribution in [3.63, 3.8) is 0 Å². The summed E-state index contributed by atoms with van der Waals surface area (Å²) in [6.45, 7) is 2.07. The van der Waals surface area contributed by atoms with E-state index in [0.29, 0.717) is 16.3 Å². The number of halogens is 1. The van der Waals surface area contributed by atoms with Crippen LogP contribution in [0.25, 0.3) is 16.8 Å². The molecule has 4 aromatic heterocycles. The van der Waals surface area contributed by atoms with E-state index in [1.165, 1.54) is 22.9 Å². The Balaban J connectivity index is 1.15. The molecule has 1 spiro atoms. The van der Waals surface area contributed by atoms with E-state index in [1.807, 2.05) is 24.4 Å². The van der Waals surface area contributed by atoms with Crippen LogP contribution in [0.2, 0.25) is 5.02 Å². The van der Waals surface area contributed by atoms with Gasteiger partial charge in [0.05, 0.1) is 22.7 Å². The van der Waals surface area contributed by atoms with E-state index in [9.17, 15) is 5.11 Å². The number of nitrogen functional groups attached to an aromatic ring is 1. The number of aliphatic hydroxyl groups excluding tert-OH is 1. The highest BCUT2D eigenvalue weighted by molar-refractivity contribution is 7.99. The van der Waals surface area contributed by atoms with Gasteiger partial charge < -0.3 is 15.7 Å². The van der Waals surface area contributed by atoms with Gasteiger partial charge in [0.1, 0.15) is 17.0 Å². The lowest BCUT2D eigenvalue weighted by molar-refractivity contribution is 0.232. The van der Waals surface area contributed by atoms with Gasteiger partial charge >= 0.3 is 0 Å². The molecule has 1 fully saturated rings. The number of anilines is 2. The predicted octanol–water partition coefficient (Wildman–Crippen LogP) is 4.98. The van der Waals surface area contributed by atoms with Crippen molar-refractivity contribution in [3.8, 4) is 0 Å². The molecule has 0 atom stereocenters. The minimum atomic E-state index is 0.109. The first-order valence-corrected chi connectivity index (χ1v) is 13.4. The van der Waals surface area contributed by atoms with Crippen molar-refractivity contribution in [2.24, 2.45) is 5.41 Å². The molecule has 1 aliphatic heterocycles. The van der Waals surface area contributed by atoms with Gasteiger partial charge in [0, 0.05) is 24.2 Å². The highest BCUT2D eigenvalue weighted by Crippen LogP contribution is 2.46. The largest absolute Gasteiger partial charge is 0.392 e. The third kappa shape index (κ3) is 3.43. The van der Waals surface area contributed by atoms with Gasteiger partial charge in [0.2, 0.25) is 0 Å². The summed E-state index contributed by atoms with van der Waals surface area (Å²) in [5.41, 5.74) is 12.9. The molecule has 1 aliphatic carbocycles. The van der Waals surface area contributed by atoms with Crippen LogP contribution in [0.5, 0.6) is 0 Å². The second-order valence-electron chi connectivity index (χ2n) is 10.0. The number of piperidine rings is 1. The van der Waals surface area contributed by atoms with Crippen LogP contribution in [0.4, 0.5) is 11.6 Å². The van der Waals surface area contributed by atoms with E-state index >= 15 is 0 Å². The van der Waals surface area contributed by atoms with E-state index in [2.05, 4.69) is 32.5 Å². The highest BCUT2D eigenvalue weighted by atomic mass is 35.5. The van der Waals surface area contributed by atoms with Gasteiger partial charge in [-0.2, -0.15) is 0 Å². The van der Waals surface area contributed by atoms with Crippen molar-refractivity contribution in [1.82, 2.24) is 19.4 Å². The third-order valence-corrected chi connectivity index (χ3v) is 9.46. The molecule has 2 aliphatic rings. The van der Waals surface area contributed by atoms with Gasteiger partial charge in [-0.25, -0.2) is 15.0 Å². The lowest BCUT2D eigenvalue weighted by Crippen LogP contribution is -2.40. The number of hydrogen-bond donors (Lipinski definition) is 2. The van der Waals surface area contributed by atoms with Crippen LogP contribution < -0.4 is 10.6 Å². The zero-order valence-electron chi connectivity index (χ0n) is 19.6. The summed E-state index contributed by atoms with van der Waals surface area (Å²) in [5.74, 6) is 1.34. The quantitative estimate of drug-likeness (QED) is 0.348. The first-order valence-electron chi connectivity index (χ1n) is 12.2. The first kappa shape index (κ1) is 22.2. The van der Waals surface area contributed by atoms with Crippen LogP contribution in [0.15, 0.2) is 58.6 Å². The molecular weight excluding hydrogens is 492 g/mol. The molecular formula is C27H25ClN6OS. The molecule has 3 N–H and O–H groups in total. The molecule has 5 aromatic rings. The topological polar surface area (TPSA) is 92.6 Å². The molecule has 36 heavy (non-hydrogen) atoms. The van der Waals surface area contributed by atoms with Crippen LogP contribution >= 0.6 is 23.4 Å². The summed E-state index contributed by atoms with van der Waals surface area (Å²) in [5, 5.41) is 9.98. The standard InChI is InChI=1S/C27H25ClN6OS/c28-23-20(5-8-30-24(23)29)36-21-3-4-22-32-25(19-14-31-26(21)34(19)22)33-9-6-27(7-10-33)12-17-2-1-16(15-35)11-18(17)13-27/h1-5,8,11,14,35H,6-7,9-10,12-13,15H2,(H2,29,30). The Morgan fingerprint density at radius 2 is 1.86 bits per heavy atom. The maximum atomic E-state index is 9.52. The number of benzene rings is 1. The minimum Gasteiger partial charge on any atom is -0.392 e. The van der Waals surface area contributed by atoms with Crippen molar-refractivity contribution in [1.29, 1.82) is 0 Å². The van der Waals surface area contributed by atoms with E-state index in [4.69, 9.17) is 27.3 Å². The van der Waals surface area contributed by atoms with E-state index in [-0.39, 0.29) is 6.61 Å². The van der Waals surface area contributed by atoms with Gasteiger partial charge in [-0.05, 0) is 66.0 Å². The number of hydrogen-bond acceptors (Lipinski definition) is 7. The van der Waals surface area contributed by atoms with Gasteiger partial charge in [-0.15, -0.1) is 0 Å². The van der Waals surface area contributed by atoms with Crippen LogP contribution in [0, 0.1) is 5.41 Å². The number of nitrogens with two attached hydrogens (primary N) is 1. The van der Waals surface area contributed by atoms with Crippen molar-refractivity contribution in [2.45, 2.75) is 42.1 Å². The molecule has 9 heteroatoms. The van der Waals surface area contributed by atoms with E-state index in [1.54, 1.807) is 6.20 Å². The number of pyridine rings is 2. The summed E-state index contributed by atoms with van der Waals surface area (Å²) in [7, 11) is 0. The normalized spacial score (nSPS) is 17.0. The number of aromatic nitrogens is 4. The Kier molecular flexibility index (Phi) is 5.06.